The van der Waals surface area contributed by atoms with E-state index in [-0.39, 0.29) is 6.61 Å². The molecule has 2 unspecified atom stereocenters. The van der Waals surface area contributed by atoms with Gasteiger partial charge in [0.15, 0.2) is 12.2 Å². The highest BCUT2D eigenvalue weighted by Crippen LogP contribution is 2.24. The second-order valence-corrected chi connectivity index (χ2v) is 6.52. The van der Waals surface area contributed by atoms with Crippen molar-refractivity contribution in [2.45, 2.75) is 19.1 Å². The summed E-state index contributed by atoms with van der Waals surface area (Å²) in [5.74, 6) is -0.635. The van der Waals surface area contributed by atoms with Gasteiger partial charge in [-0.15, -0.1) is 0 Å². The van der Waals surface area contributed by atoms with Crippen molar-refractivity contribution in [3.63, 3.8) is 0 Å². The molecule has 0 saturated carbocycles. The Labute approximate surface area is 179 Å². The monoisotopic (exact) mass is 415 g/mol. The molecule has 0 aliphatic carbocycles. The van der Waals surface area contributed by atoms with Crippen molar-refractivity contribution in [3.8, 4) is 6.07 Å². The number of benzene rings is 2. The first-order chi connectivity index (χ1) is 15.1. The Morgan fingerprint density at radius 2 is 1.48 bits per heavy atom. The Bertz CT molecular complexity index is 1230. The number of carbonyl (C=O) groups excluding carboxylic acids is 1. The number of nitrogens with zero attached hydrogens (tertiary/aromatic N) is 3. The Hall–Kier alpha value is -3.86. The average Bonchev–Trinajstić information content (AvgIpc) is 2.83. The smallest absolute Gasteiger partial charge is 0.339 e. The van der Waals surface area contributed by atoms with E-state index >= 15 is 0 Å². The van der Waals surface area contributed by atoms with Crippen molar-refractivity contribution in [3.05, 3.63) is 84.2 Å². The number of hydrogen-bond donors (Lipinski definition) is 2. The topological polar surface area (TPSA) is 116 Å². The Morgan fingerprint density at radius 1 is 0.935 bits per heavy atom. The number of fused-ring (bicyclic) bond motifs is 2. The molecule has 0 fully saturated rings. The number of aliphatic hydroxyl groups excluding tert-OH is 2. The standard InChI is InChI=1S/C13H13NO3.C11H8N2O/c1-2-17-13(16)12(15)10-5-3-7-11-9(10)6-4-8-14-11;12-7-11(14)9-3-1-5-10-8(9)4-2-6-13-10/h3-8,12,15H,2H2,1H3;1-6,11,14H. The van der Waals surface area contributed by atoms with Crippen LogP contribution in [-0.4, -0.2) is 32.8 Å². The van der Waals surface area contributed by atoms with Crippen molar-refractivity contribution in [2.24, 2.45) is 0 Å². The predicted molar refractivity (Wildman–Crippen MR) is 116 cm³/mol. The summed E-state index contributed by atoms with van der Waals surface area (Å²) in [7, 11) is 0. The van der Waals surface area contributed by atoms with Gasteiger partial charge in [0.05, 0.1) is 23.7 Å². The van der Waals surface area contributed by atoms with Crippen LogP contribution in [0, 0.1) is 11.3 Å². The summed E-state index contributed by atoms with van der Waals surface area (Å²) in [4.78, 5) is 19.8. The highest BCUT2D eigenvalue weighted by Gasteiger charge is 2.20. The highest BCUT2D eigenvalue weighted by molar-refractivity contribution is 5.88. The molecule has 2 N–H and O–H groups in total. The van der Waals surface area contributed by atoms with E-state index in [1.807, 2.05) is 24.3 Å². The zero-order chi connectivity index (χ0) is 22.2. The molecule has 0 aliphatic rings. The molecule has 0 aliphatic heterocycles. The maximum atomic E-state index is 11.5. The number of aromatic nitrogens is 2. The van der Waals surface area contributed by atoms with Gasteiger partial charge in [0.25, 0.3) is 0 Å². The Balaban J connectivity index is 0.000000179. The second kappa shape index (κ2) is 10.3. The number of hydrogen-bond acceptors (Lipinski definition) is 7. The SMILES string of the molecule is CCOC(=O)C(O)c1cccc2ncccc12.N#CC(O)c1cccc2ncccc12. The van der Waals surface area contributed by atoms with Gasteiger partial charge in [-0.2, -0.15) is 5.26 Å². The molecule has 2 heterocycles. The molecule has 2 aromatic heterocycles. The van der Waals surface area contributed by atoms with Gasteiger partial charge in [0, 0.05) is 34.3 Å². The summed E-state index contributed by atoms with van der Waals surface area (Å²) in [5.41, 5.74) is 2.67. The van der Waals surface area contributed by atoms with Gasteiger partial charge in [-0.3, -0.25) is 9.97 Å². The molecular formula is C24H21N3O4. The quantitative estimate of drug-likeness (QED) is 0.386. The van der Waals surface area contributed by atoms with Gasteiger partial charge in [-0.05, 0) is 31.2 Å². The Morgan fingerprint density at radius 3 is 2.03 bits per heavy atom. The second-order valence-electron chi connectivity index (χ2n) is 6.52. The van der Waals surface area contributed by atoms with E-state index in [4.69, 9.17) is 10.00 Å². The zero-order valence-electron chi connectivity index (χ0n) is 16.8. The van der Waals surface area contributed by atoms with Crippen molar-refractivity contribution < 1.29 is 19.7 Å². The van der Waals surface area contributed by atoms with Crippen LogP contribution in [0.5, 0.6) is 0 Å². The Kier molecular flexibility index (Phi) is 7.22. The van der Waals surface area contributed by atoms with E-state index < -0.39 is 18.2 Å². The zero-order valence-corrected chi connectivity index (χ0v) is 16.8. The van der Waals surface area contributed by atoms with Gasteiger partial charge < -0.3 is 14.9 Å². The van der Waals surface area contributed by atoms with Crippen molar-refractivity contribution >= 4 is 27.8 Å². The first kappa shape index (κ1) is 21.8. The molecule has 7 heteroatoms. The summed E-state index contributed by atoms with van der Waals surface area (Å²) >= 11 is 0. The van der Waals surface area contributed by atoms with E-state index in [1.54, 1.807) is 61.8 Å². The largest absolute Gasteiger partial charge is 0.464 e. The molecule has 0 radical (unpaired) electrons. The summed E-state index contributed by atoms with van der Waals surface area (Å²) in [6.07, 6.45) is 1.01. The summed E-state index contributed by atoms with van der Waals surface area (Å²) in [6, 6.07) is 19.7. The molecule has 31 heavy (non-hydrogen) atoms. The van der Waals surface area contributed by atoms with E-state index in [0.717, 1.165) is 21.8 Å². The van der Waals surface area contributed by atoms with E-state index in [9.17, 15) is 15.0 Å². The van der Waals surface area contributed by atoms with Crippen LogP contribution in [-0.2, 0) is 9.53 Å². The first-order valence-electron chi connectivity index (χ1n) is 9.66. The number of nitriles is 1. The molecule has 7 nitrogen and oxygen atoms in total. The maximum Gasteiger partial charge on any atom is 0.339 e. The van der Waals surface area contributed by atoms with Gasteiger partial charge in [0.1, 0.15) is 0 Å². The van der Waals surface area contributed by atoms with Crippen LogP contribution in [0.25, 0.3) is 21.8 Å². The van der Waals surface area contributed by atoms with Crippen LogP contribution in [0.3, 0.4) is 0 Å². The fraction of sp³-hybridized carbons (Fsp3) is 0.167. The number of rotatable bonds is 4. The molecule has 156 valence electrons. The lowest BCUT2D eigenvalue weighted by molar-refractivity contribution is -0.153. The molecule has 4 rings (SSSR count). The molecule has 0 saturated heterocycles. The van der Waals surface area contributed by atoms with Gasteiger partial charge in [0.2, 0.25) is 0 Å². The van der Waals surface area contributed by atoms with Crippen LogP contribution < -0.4 is 0 Å². The molecule has 0 bridgehead atoms. The fourth-order valence-electron chi connectivity index (χ4n) is 3.15. The third-order valence-corrected chi connectivity index (χ3v) is 4.58. The van der Waals surface area contributed by atoms with E-state index in [2.05, 4.69) is 9.97 Å². The summed E-state index contributed by atoms with van der Waals surface area (Å²) in [5, 5.41) is 29.6. The third kappa shape index (κ3) is 5.01. The van der Waals surface area contributed by atoms with Crippen molar-refractivity contribution in [2.75, 3.05) is 6.61 Å². The van der Waals surface area contributed by atoms with E-state index in [1.165, 1.54) is 0 Å². The van der Waals surface area contributed by atoms with Crippen molar-refractivity contribution in [1.29, 1.82) is 5.26 Å². The minimum Gasteiger partial charge on any atom is -0.464 e. The lowest BCUT2D eigenvalue weighted by Crippen LogP contribution is -2.15. The highest BCUT2D eigenvalue weighted by atomic mass is 16.5. The van der Waals surface area contributed by atoms with Crippen LogP contribution >= 0.6 is 0 Å². The van der Waals surface area contributed by atoms with Crippen molar-refractivity contribution in [1.82, 2.24) is 9.97 Å². The van der Waals surface area contributed by atoms with Crippen LogP contribution in [0.15, 0.2) is 73.1 Å². The van der Waals surface area contributed by atoms with Crippen LogP contribution in [0.2, 0.25) is 0 Å². The predicted octanol–water partition coefficient (Wildman–Crippen LogP) is 3.62. The fourth-order valence-corrected chi connectivity index (χ4v) is 3.15. The minimum absolute atomic E-state index is 0.249. The van der Waals surface area contributed by atoms with Gasteiger partial charge in [-0.25, -0.2) is 4.79 Å². The van der Waals surface area contributed by atoms with E-state index in [0.29, 0.717) is 11.1 Å². The lowest BCUT2D eigenvalue weighted by Gasteiger charge is -2.11. The lowest BCUT2D eigenvalue weighted by atomic mass is 10.0. The molecule has 2 atom stereocenters. The number of pyridine rings is 2. The first-order valence-corrected chi connectivity index (χ1v) is 9.66. The molecule has 0 amide bonds. The third-order valence-electron chi connectivity index (χ3n) is 4.58. The normalized spacial score (nSPS) is 12.3. The molecule has 4 aromatic rings. The molecule has 2 aromatic carbocycles. The van der Waals surface area contributed by atoms with Crippen LogP contribution in [0.4, 0.5) is 0 Å². The van der Waals surface area contributed by atoms with Gasteiger partial charge >= 0.3 is 5.97 Å². The maximum absolute atomic E-state index is 11.5. The number of aliphatic hydroxyl groups is 2. The number of esters is 1. The summed E-state index contributed by atoms with van der Waals surface area (Å²) in [6.45, 7) is 1.95. The number of carbonyl (C=O) groups is 1. The minimum atomic E-state index is -1.26. The van der Waals surface area contributed by atoms with Crippen LogP contribution in [0.1, 0.15) is 30.3 Å². The summed E-state index contributed by atoms with van der Waals surface area (Å²) < 4.78 is 4.80. The average molecular weight is 415 g/mol. The molecular weight excluding hydrogens is 394 g/mol. The number of ether oxygens (including phenoxy) is 1. The van der Waals surface area contributed by atoms with Gasteiger partial charge in [-0.1, -0.05) is 36.4 Å². The molecule has 0 spiro atoms.